The minimum absolute atomic E-state index is 0.664. The van der Waals surface area contributed by atoms with Crippen LogP contribution in [0.15, 0.2) is 54.9 Å². The summed E-state index contributed by atoms with van der Waals surface area (Å²) in [6, 6.07) is 15.8. The highest BCUT2D eigenvalue weighted by Crippen LogP contribution is 2.48. The molecule has 0 bridgehead atoms. The lowest BCUT2D eigenvalue weighted by molar-refractivity contribution is 0.234. The molecule has 5 aromatic rings. The number of unbranched alkanes of at least 4 members (excludes halogenated alkanes) is 78. The van der Waals surface area contributed by atoms with Crippen molar-refractivity contribution in [3.63, 3.8) is 0 Å². The minimum atomic E-state index is 0.664. The minimum Gasteiger partial charge on any atom is -0.490 e. The first-order valence-corrected chi connectivity index (χ1v) is 61.7. The number of ether oxygens (including phenoxy) is 6. The van der Waals surface area contributed by atoms with Gasteiger partial charge in [-0.25, -0.2) is 4.98 Å². The molecule has 3 heterocycles. The van der Waals surface area contributed by atoms with E-state index in [9.17, 15) is 0 Å². The van der Waals surface area contributed by atoms with Crippen LogP contribution < -0.4 is 28.4 Å². The third-order valence-electron chi connectivity index (χ3n) is 30.7. The van der Waals surface area contributed by atoms with Crippen molar-refractivity contribution < 1.29 is 28.4 Å². The van der Waals surface area contributed by atoms with E-state index in [4.69, 9.17) is 43.4 Å². The number of benzene rings is 2. The van der Waals surface area contributed by atoms with Crippen LogP contribution in [0.25, 0.3) is 45.0 Å². The smallest absolute Gasteiger partial charge is 0.203 e. The largest absolute Gasteiger partial charge is 0.490 e. The second kappa shape index (κ2) is 85.0. The highest BCUT2D eigenvalue weighted by atomic mass is 16.5. The van der Waals surface area contributed by atoms with E-state index in [1.165, 1.54) is 534 Å². The van der Waals surface area contributed by atoms with E-state index in [2.05, 4.69) is 96.4 Å². The van der Waals surface area contributed by atoms with Gasteiger partial charge in [0, 0.05) is 23.5 Å². The van der Waals surface area contributed by atoms with E-state index in [1.807, 2.05) is 0 Å². The Bertz CT molecular complexity index is 3320. The lowest BCUT2D eigenvalue weighted by atomic mass is 9.95. The van der Waals surface area contributed by atoms with Crippen LogP contribution in [0.4, 0.5) is 0 Å². The van der Waals surface area contributed by atoms with Gasteiger partial charge in [-0.15, -0.1) is 0 Å². The fourth-order valence-electron chi connectivity index (χ4n) is 21.8. The summed E-state index contributed by atoms with van der Waals surface area (Å²) in [6.45, 7) is 17.9. The lowest BCUT2D eigenvalue weighted by Crippen LogP contribution is -2.07. The van der Waals surface area contributed by atoms with Crippen LogP contribution >= 0.6 is 0 Å². The Hall–Kier alpha value is -5.31. The summed E-state index contributed by atoms with van der Waals surface area (Å²) in [7, 11) is 0. The zero-order chi connectivity index (χ0) is 97.0. The molecule has 9 nitrogen and oxygen atoms in total. The number of rotatable bonds is 100. The first-order chi connectivity index (χ1) is 68.5. The Labute approximate surface area is 853 Å². The summed E-state index contributed by atoms with van der Waals surface area (Å²) >= 11 is 0. The molecule has 0 amide bonds. The van der Waals surface area contributed by atoms with E-state index in [0.29, 0.717) is 39.6 Å². The van der Waals surface area contributed by atoms with Gasteiger partial charge in [-0.2, -0.15) is 0 Å². The van der Waals surface area contributed by atoms with Gasteiger partial charge in [0.15, 0.2) is 23.0 Å². The van der Waals surface area contributed by atoms with Crippen molar-refractivity contribution in [1.82, 2.24) is 15.0 Å². The third-order valence-corrected chi connectivity index (χ3v) is 30.7. The predicted octanol–water partition coefficient (Wildman–Crippen LogP) is 42.7. The van der Waals surface area contributed by atoms with Gasteiger partial charge in [0.2, 0.25) is 11.5 Å². The maximum atomic E-state index is 7.08. The Kier molecular flexibility index (Phi) is 73.7. The first kappa shape index (κ1) is 120. The number of hydrogen-bond acceptors (Lipinski definition) is 9. The molecule has 786 valence electrons. The van der Waals surface area contributed by atoms with E-state index in [1.54, 1.807) is 0 Å². The molecule has 138 heavy (non-hydrogen) atoms. The van der Waals surface area contributed by atoms with Crippen molar-refractivity contribution in [3.05, 3.63) is 77.1 Å². The number of nitrogens with zero attached hydrogens (tertiary/aromatic N) is 3. The Morgan fingerprint density at radius 3 is 0.551 bits per heavy atom. The number of fused-ring (bicyclic) bond motifs is 2. The van der Waals surface area contributed by atoms with Gasteiger partial charge >= 0.3 is 0 Å². The number of aromatic nitrogens is 3. The van der Waals surface area contributed by atoms with Crippen LogP contribution in [0.2, 0.25) is 0 Å². The Balaban J connectivity index is 1.12. The van der Waals surface area contributed by atoms with E-state index < -0.39 is 0 Å². The van der Waals surface area contributed by atoms with Gasteiger partial charge < -0.3 is 28.4 Å². The molecular weight excluding hydrogens is 1690 g/mol. The van der Waals surface area contributed by atoms with Crippen LogP contribution in [0.3, 0.4) is 0 Å². The van der Waals surface area contributed by atoms with Crippen molar-refractivity contribution in [2.75, 3.05) is 39.6 Å². The number of hydrogen-bond donors (Lipinski definition) is 0. The zero-order valence-electron chi connectivity index (χ0n) is 91.9. The third kappa shape index (κ3) is 54.6. The van der Waals surface area contributed by atoms with Crippen LogP contribution in [-0.4, -0.2) is 54.6 Å². The number of pyridine rings is 3. The molecule has 7 rings (SSSR count). The second-order valence-electron chi connectivity index (χ2n) is 43.3. The molecule has 0 aliphatic heterocycles. The Morgan fingerprint density at radius 1 is 0.196 bits per heavy atom. The summed E-state index contributed by atoms with van der Waals surface area (Å²) in [5.74, 6) is 4.88. The maximum absolute atomic E-state index is 7.08. The molecule has 0 saturated heterocycles. The van der Waals surface area contributed by atoms with Crippen molar-refractivity contribution in [1.29, 1.82) is 0 Å². The van der Waals surface area contributed by atoms with Gasteiger partial charge in [0.05, 0.1) is 62.4 Å². The average molecular weight is 1910 g/mol. The first-order valence-electron chi connectivity index (χ1n) is 61.7. The highest BCUT2D eigenvalue weighted by Gasteiger charge is 2.29. The Morgan fingerprint density at radius 2 is 0.362 bits per heavy atom. The van der Waals surface area contributed by atoms with Crippen molar-refractivity contribution in [2.24, 2.45) is 0 Å². The quantitative estimate of drug-likeness (QED) is 0.0353. The van der Waals surface area contributed by atoms with Gasteiger partial charge in [-0.05, 0) is 147 Å². The maximum Gasteiger partial charge on any atom is 0.203 e. The fraction of sp³-hybridized carbons (Fsp3) is 0.791. The summed E-state index contributed by atoms with van der Waals surface area (Å²) in [6.07, 6.45) is 123. The monoisotopic (exact) mass is 1910 g/mol. The molecule has 2 aliphatic rings. The SMILES string of the molecule is CCCCCCCCCCCCCCCCOc1cc(-c2cnc(-c3cccc(-c4ncc(-c5cc(OCCCCCCCCCCCCCCCC)c(OCCCCCCCCCCCCCCCC)c(OCCCCCCCCCCCCCCCC)c5)c5c4CCC5)n3)c3c2CCC3)cc(OCCCCCCCCCCCCCCCC)c1OCCCCCCCCCCCCCCCC. The van der Waals surface area contributed by atoms with E-state index >= 15 is 0 Å². The van der Waals surface area contributed by atoms with Crippen LogP contribution in [0.1, 0.15) is 616 Å². The standard InChI is InChI=1S/C129H219N3O6/c1-7-13-19-25-31-37-43-49-55-61-67-73-79-85-100-133-122-106-112(107-123(134-101-86-80-74-68-62-56-50-44-38-32-26-20-14-8-2)128(122)137-104-89-83-77-71-65-59-53-47-41-35-29-23-17-11-5)118-110-130-126(116-96-91-94-114(116)118)120-98-93-99-121(132-120)127-117-97-92-95-115(117)119(111-131-127)113-108-124(135-102-87-81-75-69-63-57-51-45-39-33-27-21-15-9-3)129(138-105-90-84-78-72-66-60-54-48-42-36-30-24-18-12-6)125(109-113)136-103-88-82-76-70-64-58-52-46-40-34-28-22-16-10-4/h93,98-99,106-111H,7-92,94-97,100-105H2,1-6H3. The molecule has 9 heteroatoms. The molecule has 0 spiro atoms. The van der Waals surface area contributed by atoms with Crippen LogP contribution in [0, 0.1) is 0 Å². The zero-order valence-corrected chi connectivity index (χ0v) is 91.9. The summed E-state index contributed by atoms with van der Waals surface area (Å²) in [5, 5.41) is 0. The summed E-state index contributed by atoms with van der Waals surface area (Å²) in [4.78, 5) is 16.7. The average Bonchev–Trinajstić information content (AvgIpc) is 1.51. The van der Waals surface area contributed by atoms with E-state index in [0.717, 1.165) is 145 Å². The van der Waals surface area contributed by atoms with Crippen LogP contribution in [0.5, 0.6) is 34.5 Å². The topological polar surface area (TPSA) is 94.1 Å². The second-order valence-corrected chi connectivity index (χ2v) is 43.3. The summed E-state index contributed by atoms with van der Waals surface area (Å²) < 4.78 is 42.4. The van der Waals surface area contributed by atoms with Crippen molar-refractivity contribution in [2.45, 2.75) is 619 Å². The molecule has 0 N–H and O–H groups in total. The van der Waals surface area contributed by atoms with Crippen molar-refractivity contribution >= 4 is 0 Å². The van der Waals surface area contributed by atoms with Crippen molar-refractivity contribution in [3.8, 4) is 79.5 Å². The molecule has 0 unspecified atom stereocenters. The molecule has 2 aliphatic carbocycles. The fourth-order valence-corrected chi connectivity index (χ4v) is 21.8. The molecule has 0 radical (unpaired) electrons. The van der Waals surface area contributed by atoms with E-state index in [-0.39, 0.29) is 0 Å². The van der Waals surface area contributed by atoms with Gasteiger partial charge in [0.1, 0.15) is 0 Å². The predicted molar refractivity (Wildman–Crippen MR) is 600 cm³/mol. The highest BCUT2D eigenvalue weighted by molar-refractivity contribution is 5.80. The van der Waals surface area contributed by atoms with Gasteiger partial charge in [0.25, 0.3) is 0 Å². The molecule has 0 saturated carbocycles. The normalized spacial score (nSPS) is 12.4. The molecule has 2 aromatic carbocycles. The lowest BCUT2D eigenvalue weighted by Gasteiger charge is -2.20. The molecule has 0 atom stereocenters. The van der Waals surface area contributed by atoms with Crippen LogP contribution in [-0.2, 0) is 25.7 Å². The van der Waals surface area contributed by atoms with Gasteiger partial charge in [-0.3, -0.25) is 9.97 Å². The van der Waals surface area contributed by atoms with Gasteiger partial charge in [-0.1, -0.05) is 548 Å². The molecule has 0 fully saturated rings. The molecular formula is C129H219N3O6. The summed E-state index contributed by atoms with van der Waals surface area (Å²) in [5.41, 5.74) is 13.8. The molecule has 3 aromatic heterocycles.